The molecule has 1 aliphatic heterocycles. The van der Waals surface area contributed by atoms with Gasteiger partial charge in [-0.2, -0.15) is 0 Å². The predicted molar refractivity (Wildman–Crippen MR) is 70.2 cm³/mol. The Labute approximate surface area is 117 Å². The van der Waals surface area contributed by atoms with E-state index in [-0.39, 0.29) is 12.1 Å². The van der Waals surface area contributed by atoms with Crippen LogP contribution in [0.1, 0.15) is 48.1 Å². The molecule has 0 atom stereocenters. The highest BCUT2D eigenvalue weighted by Crippen LogP contribution is 2.25. The molecule has 1 N–H and O–H groups in total. The molecule has 0 radical (unpaired) electrons. The van der Waals surface area contributed by atoms with Crippen molar-refractivity contribution >= 4 is 12.1 Å². The van der Waals surface area contributed by atoms with E-state index in [0.29, 0.717) is 24.2 Å². The van der Waals surface area contributed by atoms with Crippen molar-refractivity contribution < 1.29 is 19.4 Å². The standard InChI is InChI=1S/C14H20N2O4/c1-8-11(12(17)18)9-7-16(6-5-10(9)15-8)13(19)20-14(2,3)4/h15H,5-7H2,1-4H3,(H,17,18)/p-1. The van der Waals surface area contributed by atoms with E-state index in [4.69, 9.17) is 4.74 Å². The smallest absolute Gasteiger partial charge is 0.410 e. The van der Waals surface area contributed by atoms with E-state index in [0.717, 1.165) is 5.69 Å². The molecule has 1 aliphatic rings. The van der Waals surface area contributed by atoms with Crippen LogP contribution in [0, 0.1) is 6.92 Å². The number of hydrogen-bond acceptors (Lipinski definition) is 4. The van der Waals surface area contributed by atoms with Gasteiger partial charge in [0.2, 0.25) is 0 Å². The molecule has 0 aliphatic carbocycles. The first kappa shape index (κ1) is 14.4. The lowest BCUT2D eigenvalue weighted by Crippen LogP contribution is -2.40. The van der Waals surface area contributed by atoms with Crippen LogP contribution < -0.4 is 5.11 Å². The summed E-state index contributed by atoms with van der Waals surface area (Å²) in [5.74, 6) is -1.22. The molecule has 0 saturated carbocycles. The number of aromatic carboxylic acids is 1. The first-order valence-electron chi connectivity index (χ1n) is 6.58. The first-order valence-corrected chi connectivity index (χ1v) is 6.58. The van der Waals surface area contributed by atoms with Gasteiger partial charge in [-0.25, -0.2) is 4.79 Å². The summed E-state index contributed by atoms with van der Waals surface area (Å²) in [6, 6.07) is 0. The molecule has 0 saturated heterocycles. The number of carbonyl (C=O) groups is 2. The summed E-state index contributed by atoms with van der Waals surface area (Å²) in [6.45, 7) is 7.83. The fraction of sp³-hybridized carbons (Fsp3) is 0.571. The summed E-state index contributed by atoms with van der Waals surface area (Å²) < 4.78 is 5.31. The number of H-pyrrole nitrogens is 1. The van der Waals surface area contributed by atoms with Gasteiger partial charge in [0.1, 0.15) is 5.60 Å². The van der Waals surface area contributed by atoms with Crippen molar-refractivity contribution in [3.8, 4) is 0 Å². The maximum absolute atomic E-state index is 12.0. The maximum Gasteiger partial charge on any atom is 0.410 e. The van der Waals surface area contributed by atoms with E-state index in [9.17, 15) is 14.7 Å². The Bertz CT molecular complexity index is 554. The molecule has 6 heteroatoms. The molecule has 0 aromatic carbocycles. The lowest BCUT2D eigenvalue weighted by atomic mass is 10.0. The van der Waals surface area contributed by atoms with Crippen LogP contribution in [-0.2, 0) is 17.7 Å². The molecule has 0 fully saturated rings. The van der Waals surface area contributed by atoms with Gasteiger partial charge in [0.05, 0.1) is 12.5 Å². The Balaban J connectivity index is 2.22. The number of fused-ring (bicyclic) bond motifs is 1. The number of nitrogens with zero attached hydrogens (tertiary/aromatic N) is 1. The molecular weight excluding hydrogens is 260 g/mol. The Morgan fingerprint density at radius 2 is 2.00 bits per heavy atom. The van der Waals surface area contributed by atoms with Crippen LogP contribution >= 0.6 is 0 Å². The summed E-state index contributed by atoms with van der Waals surface area (Å²) in [6.07, 6.45) is 0.161. The van der Waals surface area contributed by atoms with Gasteiger partial charge in [-0.05, 0) is 27.7 Å². The Morgan fingerprint density at radius 1 is 1.35 bits per heavy atom. The Kier molecular flexibility index (Phi) is 3.50. The zero-order chi connectivity index (χ0) is 15.1. The van der Waals surface area contributed by atoms with Crippen molar-refractivity contribution in [2.24, 2.45) is 0 Å². The SMILES string of the molecule is Cc1[nH]c2c(c1C(=O)[O-])CN(C(=O)OC(C)(C)C)CC2. The molecule has 6 nitrogen and oxygen atoms in total. The molecule has 1 amide bonds. The van der Waals surface area contributed by atoms with Crippen molar-refractivity contribution in [3.05, 3.63) is 22.5 Å². The molecule has 20 heavy (non-hydrogen) atoms. The molecule has 110 valence electrons. The number of carboxylic acids is 1. The summed E-state index contributed by atoms with van der Waals surface area (Å²) in [4.78, 5) is 27.8. The van der Waals surface area contributed by atoms with E-state index in [1.807, 2.05) is 0 Å². The van der Waals surface area contributed by atoms with E-state index in [1.54, 1.807) is 27.7 Å². The maximum atomic E-state index is 12.0. The molecular formula is C14H19N2O4-. The summed E-state index contributed by atoms with van der Waals surface area (Å²) >= 11 is 0. The number of ether oxygens (including phenoxy) is 1. The van der Waals surface area contributed by atoms with Crippen molar-refractivity contribution in [3.63, 3.8) is 0 Å². The molecule has 0 spiro atoms. The normalized spacial score (nSPS) is 14.9. The van der Waals surface area contributed by atoms with E-state index >= 15 is 0 Å². The van der Waals surface area contributed by atoms with Gasteiger partial charge in [0, 0.05) is 35.5 Å². The van der Waals surface area contributed by atoms with E-state index in [1.165, 1.54) is 4.90 Å². The minimum Gasteiger partial charge on any atom is -0.545 e. The van der Waals surface area contributed by atoms with Crippen LogP contribution in [0.3, 0.4) is 0 Å². The number of rotatable bonds is 1. The number of hydrogen-bond donors (Lipinski definition) is 1. The van der Waals surface area contributed by atoms with Crippen LogP contribution in [-0.4, -0.2) is 34.1 Å². The zero-order valence-corrected chi connectivity index (χ0v) is 12.2. The predicted octanol–water partition coefficient (Wildman–Crippen LogP) is 0.980. The number of aromatic amines is 1. The quantitative estimate of drug-likeness (QED) is 0.830. The molecule has 1 aromatic heterocycles. The average molecular weight is 279 g/mol. The second kappa shape index (κ2) is 4.85. The van der Waals surface area contributed by atoms with Gasteiger partial charge in [0.15, 0.2) is 0 Å². The van der Waals surface area contributed by atoms with Crippen LogP contribution in [0.25, 0.3) is 0 Å². The third kappa shape index (κ3) is 2.79. The van der Waals surface area contributed by atoms with Gasteiger partial charge in [-0.15, -0.1) is 0 Å². The van der Waals surface area contributed by atoms with Gasteiger partial charge < -0.3 is 24.5 Å². The zero-order valence-electron chi connectivity index (χ0n) is 12.2. The lowest BCUT2D eigenvalue weighted by molar-refractivity contribution is -0.255. The van der Waals surface area contributed by atoms with Crippen molar-refractivity contribution in [1.82, 2.24) is 9.88 Å². The highest BCUT2D eigenvalue weighted by molar-refractivity contribution is 5.90. The second-order valence-electron chi connectivity index (χ2n) is 6.02. The number of carbonyl (C=O) groups excluding carboxylic acids is 2. The van der Waals surface area contributed by atoms with Crippen LogP contribution in [0.2, 0.25) is 0 Å². The van der Waals surface area contributed by atoms with Gasteiger partial charge in [-0.3, -0.25) is 0 Å². The Hall–Kier alpha value is -1.98. The minimum absolute atomic E-state index is 0.160. The summed E-state index contributed by atoms with van der Waals surface area (Å²) in [7, 11) is 0. The minimum atomic E-state index is -1.22. The molecule has 2 heterocycles. The van der Waals surface area contributed by atoms with Crippen LogP contribution in [0.15, 0.2) is 0 Å². The van der Waals surface area contributed by atoms with E-state index < -0.39 is 17.7 Å². The lowest BCUT2D eigenvalue weighted by Gasteiger charge is -2.30. The third-order valence-electron chi connectivity index (χ3n) is 3.22. The van der Waals surface area contributed by atoms with Gasteiger partial charge >= 0.3 is 6.09 Å². The number of nitrogens with one attached hydrogen (secondary N) is 1. The molecule has 0 bridgehead atoms. The van der Waals surface area contributed by atoms with Crippen molar-refractivity contribution in [1.29, 1.82) is 0 Å². The molecule has 0 unspecified atom stereocenters. The number of carboxylic acid groups (broad SMARTS) is 1. The Morgan fingerprint density at radius 3 is 2.55 bits per heavy atom. The molecule has 2 rings (SSSR count). The van der Waals surface area contributed by atoms with Crippen molar-refractivity contribution in [2.45, 2.75) is 46.3 Å². The number of aryl methyl sites for hydroxylation is 1. The largest absolute Gasteiger partial charge is 0.545 e. The average Bonchev–Trinajstić information content (AvgIpc) is 2.61. The number of amides is 1. The highest BCUT2D eigenvalue weighted by atomic mass is 16.6. The van der Waals surface area contributed by atoms with Crippen molar-refractivity contribution in [2.75, 3.05) is 6.54 Å². The third-order valence-corrected chi connectivity index (χ3v) is 3.22. The summed E-state index contributed by atoms with van der Waals surface area (Å²) in [5, 5.41) is 11.2. The topological polar surface area (TPSA) is 85.5 Å². The molecule has 1 aromatic rings. The van der Waals surface area contributed by atoms with E-state index in [2.05, 4.69) is 4.98 Å². The fourth-order valence-electron chi connectivity index (χ4n) is 2.40. The fourth-order valence-corrected chi connectivity index (χ4v) is 2.40. The van der Waals surface area contributed by atoms with Gasteiger partial charge in [-0.1, -0.05) is 0 Å². The van der Waals surface area contributed by atoms with Crippen LogP contribution in [0.5, 0.6) is 0 Å². The number of aromatic nitrogens is 1. The van der Waals surface area contributed by atoms with Crippen LogP contribution in [0.4, 0.5) is 4.79 Å². The van der Waals surface area contributed by atoms with Gasteiger partial charge in [0.25, 0.3) is 0 Å². The first-order chi connectivity index (χ1) is 9.19. The summed E-state index contributed by atoms with van der Waals surface area (Å²) in [5.41, 5.74) is 1.65. The highest BCUT2D eigenvalue weighted by Gasteiger charge is 2.28. The monoisotopic (exact) mass is 279 g/mol. The second-order valence-corrected chi connectivity index (χ2v) is 6.02.